The van der Waals surface area contributed by atoms with Crippen LogP contribution >= 0.6 is 11.8 Å². The molecule has 5 heteroatoms. The van der Waals surface area contributed by atoms with Gasteiger partial charge in [0.25, 0.3) is 0 Å². The average Bonchev–Trinajstić information content (AvgIpc) is 2.66. The smallest absolute Gasteiger partial charge is 0.493 e. The van der Waals surface area contributed by atoms with Crippen molar-refractivity contribution in [2.24, 2.45) is 0 Å². The lowest BCUT2D eigenvalue weighted by Gasteiger charge is -2.32. The van der Waals surface area contributed by atoms with E-state index < -0.39 is 0 Å². The summed E-state index contributed by atoms with van der Waals surface area (Å²) in [6, 6.07) is 2.18. The summed E-state index contributed by atoms with van der Waals surface area (Å²) in [6.45, 7) is 11.4. The van der Waals surface area contributed by atoms with Gasteiger partial charge in [0.1, 0.15) is 5.75 Å². The number of aryl methyl sites for hydroxylation is 1. The third-order valence-electron chi connectivity index (χ3n) is 5.62. The van der Waals surface area contributed by atoms with E-state index in [-0.39, 0.29) is 18.3 Å². The van der Waals surface area contributed by atoms with E-state index in [1.807, 2.05) is 11.8 Å². The Bertz CT molecular complexity index is 612. The Hall–Kier alpha value is -0.645. The van der Waals surface area contributed by atoms with Gasteiger partial charge in [0.15, 0.2) is 0 Å². The van der Waals surface area contributed by atoms with E-state index >= 15 is 0 Å². The predicted molar refractivity (Wildman–Crippen MR) is 103 cm³/mol. The van der Waals surface area contributed by atoms with E-state index in [2.05, 4.69) is 46.9 Å². The number of thioether (sulfide) groups is 1. The van der Waals surface area contributed by atoms with Crippen LogP contribution in [-0.2, 0) is 22.2 Å². The number of ether oxygens (including phenoxy) is 1. The summed E-state index contributed by atoms with van der Waals surface area (Å²) in [7, 11) is -0.269. The van der Waals surface area contributed by atoms with Gasteiger partial charge in [0.2, 0.25) is 0 Å². The SMILES string of the molecule is CSCCCOc1cc(C)c(B2OC(C)(C)C(C)(C)O2)c2c1CC2. The van der Waals surface area contributed by atoms with Crippen molar-refractivity contribution in [3.05, 3.63) is 22.8 Å². The molecule has 1 aliphatic heterocycles. The lowest BCUT2D eigenvalue weighted by Crippen LogP contribution is -2.41. The molecular weight excluding hydrogens is 319 g/mol. The molecule has 0 N–H and O–H groups in total. The molecule has 24 heavy (non-hydrogen) atoms. The quantitative estimate of drug-likeness (QED) is 0.581. The van der Waals surface area contributed by atoms with Crippen LogP contribution < -0.4 is 10.2 Å². The molecule has 132 valence electrons. The second-order valence-electron chi connectivity index (χ2n) is 7.85. The van der Waals surface area contributed by atoms with E-state index in [1.165, 1.54) is 22.2 Å². The Labute approximate surface area is 151 Å². The molecule has 0 amide bonds. The summed E-state index contributed by atoms with van der Waals surface area (Å²) in [5.74, 6) is 2.21. The molecule has 1 saturated heterocycles. The molecule has 1 fully saturated rings. The molecule has 0 atom stereocenters. The standard InChI is InChI=1S/C19H29BO3S/c1-13-12-16(21-10-7-11-24-6)14-8-9-15(14)17(13)20-22-18(2,3)19(4,5)23-20/h12H,7-11H2,1-6H3. The molecule has 2 aliphatic rings. The fraction of sp³-hybridized carbons (Fsp3) is 0.684. The summed E-state index contributed by atoms with van der Waals surface area (Å²) >= 11 is 1.87. The third-order valence-corrected chi connectivity index (χ3v) is 6.32. The maximum atomic E-state index is 6.29. The lowest BCUT2D eigenvalue weighted by molar-refractivity contribution is 0.00578. The summed E-state index contributed by atoms with van der Waals surface area (Å²) < 4.78 is 18.6. The maximum Gasteiger partial charge on any atom is 0.495 e. The molecule has 0 saturated carbocycles. The molecule has 0 unspecified atom stereocenters. The molecule has 1 aromatic rings. The Kier molecular flexibility index (Phi) is 4.98. The van der Waals surface area contributed by atoms with E-state index in [4.69, 9.17) is 14.0 Å². The summed E-state index contributed by atoms with van der Waals surface area (Å²) in [6.07, 6.45) is 5.42. The van der Waals surface area contributed by atoms with Gasteiger partial charge in [-0.05, 0) is 94.1 Å². The first-order chi connectivity index (χ1) is 11.3. The first kappa shape index (κ1) is 18.2. The van der Waals surface area contributed by atoms with Gasteiger partial charge in [-0.1, -0.05) is 0 Å². The molecule has 1 aliphatic carbocycles. The summed E-state index contributed by atoms with van der Waals surface area (Å²) in [5.41, 5.74) is 4.59. The monoisotopic (exact) mass is 348 g/mol. The van der Waals surface area contributed by atoms with Crippen LogP contribution in [0.15, 0.2) is 6.07 Å². The van der Waals surface area contributed by atoms with Crippen LogP contribution in [0.25, 0.3) is 0 Å². The fourth-order valence-electron chi connectivity index (χ4n) is 3.35. The van der Waals surface area contributed by atoms with Crippen molar-refractivity contribution in [1.82, 2.24) is 0 Å². The van der Waals surface area contributed by atoms with Crippen LogP contribution in [0.5, 0.6) is 5.75 Å². The minimum atomic E-state index is -0.298. The summed E-state index contributed by atoms with van der Waals surface area (Å²) in [4.78, 5) is 0. The van der Waals surface area contributed by atoms with E-state index in [1.54, 1.807) is 0 Å². The first-order valence-corrected chi connectivity index (χ1v) is 10.3. The average molecular weight is 348 g/mol. The van der Waals surface area contributed by atoms with Crippen LogP contribution in [-0.4, -0.2) is 36.9 Å². The molecule has 3 rings (SSSR count). The maximum absolute atomic E-state index is 6.29. The van der Waals surface area contributed by atoms with Crippen molar-refractivity contribution >= 4 is 24.3 Å². The zero-order valence-electron chi connectivity index (χ0n) is 15.8. The van der Waals surface area contributed by atoms with Gasteiger partial charge in [-0.15, -0.1) is 0 Å². The second-order valence-corrected chi connectivity index (χ2v) is 8.83. The van der Waals surface area contributed by atoms with Crippen LogP contribution in [0.3, 0.4) is 0 Å². The lowest BCUT2D eigenvalue weighted by atomic mass is 9.67. The van der Waals surface area contributed by atoms with Crippen LogP contribution in [0.2, 0.25) is 0 Å². The van der Waals surface area contributed by atoms with E-state index in [9.17, 15) is 0 Å². The van der Waals surface area contributed by atoms with Gasteiger partial charge in [-0.2, -0.15) is 11.8 Å². The van der Waals surface area contributed by atoms with E-state index in [0.29, 0.717) is 0 Å². The molecule has 1 aromatic carbocycles. The van der Waals surface area contributed by atoms with Crippen LogP contribution in [0.4, 0.5) is 0 Å². The molecule has 0 bridgehead atoms. The van der Waals surface area contributed by atoms with Crippen molar-refractivity contribution in [3.63, 3.8) is 0 Å². The van der Waals surface area contributed by atoms with Crippen molar-refractivity contribution in [1.29, 1.82) is 0 Å². The Morgan fingerprint density at radius 2 is 1.75 bits per heavy atom. The topological polar surface area (TPSA) is 27.7 Å². The third kappa shape index (κ3) is 3.11. The van der Waals surface area contributed by atoms with Crippen LogP contribution in [0.1, 0.15) is 50.8 Å². The van der Waals surface area contributed by atoms with Gasteiger partial charge in [-0.3, -0.25) is 0 Å². The van der Waals surface area contributed by atoms with Gasteiger partial charge in [-0.25, -0.2) is 0 Å². The molecular formula is C19H29BO3S. The largest absolute Gasteiger partial charge is 0.495 e. The Morgan fingerprint density at radius 1 is 1.12 bits per heavy atom. The second kappa shape index (κ2) is 6.58. The highest BCUT2D eigenvalue weighted by Crippen LogP contribution is 2.39. The molecule has 0 aromatic heterocycles. The van der Waals surface area contributed by atoms with E-state index in [0.717, 1.165) is 37.4 Å². The zero-order valence-corrected chi connectivity index (χ0v) is 16.6. The highest BCUT2D eigenvalue weighted by Gasteiger charge is 2.53. The molecule has 0 radical (unpaired) electrons. The number of benzene rings is 1. The van der Waals surface area contributed by atoms with Crippen molar-refractivity contribution in [3.8, 4) is 5.75 Å². The number of hydrogen-bond acceptors (Lipinski definition) is 4. The minimum Gasteiger partial charge on any atom is -0.493 e. The fourth-order valence-corrected chi connectivity index (χ4v) is 3.75. The van der Waals surface area contributed by atoms with Crippen molar-refractivity contribution in [2.75, 3.05) is 18.6 Å². The Morgan fingerprint density at radius 3 is 2.29 bits per heavy atom. The van der Waals surface area contributed by atoms with Crippen molar-refractivity contribution in [2.45, 2.75) is 65.1 Å². The van der Waals surface area contributed by atoms with Gasteiger partial charge >= 0.3 is 7.12 Å². The van der Waals surface area contributed by atoms with Gasteiger partial charge in [0.05, 0.1) is 17.8 Å². The minimum absolute atomic E-state index is 0.269. The van der Waals surface area contributed by atoms with Crippen LogP contribution in [0, 0.1) is 6.92 Å². The predicted octanol–water partition coefficient (Wildman–Crippen LogP) is 3.52. The highest BCUT2D eigenvalue weighted by atomic mass is 32.2. The number of rotatable bonds is 6. The zero-order chi connectivity index (χ0) is 17.5. The van der Waals surface area contributed by atoms with Gasteiger partial charge in [0, 0.05) is 0 Å². The van der Waals surface area contributed by atoms with Gasteiger partial charge < -0.3 is 14.0 Å². The Balaban J connectivity index is 1.83. The number of fused-ring (bicyclic) bond motifs is 1. The molecule has 0 spiro atoms. The highest BCUT2D eigenvalue weighted by molar-refractivity contribution is 7.98. The first-order valence-electron chi connectivity index (χ1n) is 8.89. The van der Waals surface area contributed by atoms with Crippen molar-refractivity contribution < 1.29 is 14.0 Å². The number of hydrogen-bond donors (Lipinski definition) is 0. The molecule has 3 nitrogen and oxygen atoms in total. The molecule has 1 heterocycles. The summed E-state index contributed by atoms with van der Waals surface area (Å²) in [5, 5.41) is 0. The normalized spacial score (nSPS) is 20.7.